The second-order valence-electron chi connectivity index (χ2n) is 9.38. The first-order chi connectivity index (χ1) is 17.2. The van der Waals surface area contributed by atoms with Crippen molar-refractivity contribution in [1.82, 2.24) is 4.90 Å². The molecule has 0 bridgehead atoms. The fraction of sp³-hybridized carbons (Fsp3) is 0.500. The second-order valence-corrected chi connectivity index (χ2v) is 10.2. The van der Waals surface area contributed by atoms with E-state index in [1.54, 1.807) is 18.2 Å². The summed E-state index contributed by atoms with van der Waals surface area (Å²) in [5, 5.41) is 11.3. The molecule has 37 heavy (non-hydrogen) atoms. The zero-order valence-corrected chi connectivity index (χ0v) is 23.1. The van der Waals surface area contributed by atoms with Gasteiger partial charge in [0.1, 0.15) is 0 Å². The van der Waals surface area contributed by atoms with E-state index in [9.17, 15) is 18.7 Å². The van der Waals surface area contributed by atoms with Crippen molar-refractivity contribution in [3.8, 4) is 0 Å². The van der Waals surface area contributed by atoms with Crippen LogP contribution < -0.4 is 14.7 Å². The number of piperazine rings is 1. The van der Waals surface area contributed by atoms with E-state index in [-0.39, 0.29) is 44.5 Å². The van der Waals surface area contributed by atoms with Gasteiger partial charge < -0.3 is 14.9 Å². The first-order valence-corrected chi connectivity index (χ1v) is 13.1. The standard InChI is InChI=1S/C26H32Cl2F2N4O2.ClH/c1-2-5-23(33-16-14-32(15-17-33)22-9-4-8-21(27)24(22)28)34(25(35)36)20-7-3-6-19(18-20)31-12-10-26(29,30)11-13-31;/h3-4,6-9,18,23H,2,5,10-17H2,1H3,(H,35,36);1H. The molecule has 1 N–H and O–H groups in total. The number of alkyl halides is 2. The van der Waals surface area contributed by atoms with Crippen molar-refractivity contribution >= 4 is 58.8 Å². The number of benzene rings is 2. The number of halogens is 5. The van der Waals surface area contributed by atoms with Crippen LogP contribution >= 0.6 is 35.6 Å². The van der Waals surface area contributed by atoms with E-state index < -0.39 is 12.0 Å². The molecule has 0 aliphatic carbocycles. The molecule has 2 aromatic carbocycles. The quantitative estimate of drug-likeness (QED) is 0.381. The minimum Gasteiger partial charge on any atom is -0.465 e. The molecule has 2 heterocycles. The lowest BCUT2D eigenvalue weighted by Crippen LogP contribution is -2.57. The number of rotatable bonds is 7. The van der Waals surface area contributed by atoms with E-state index in [1.807, 2.05) is 36.1 Å². The molecule has 1 amide bonds. The zero-order valence-electron chi connectivity index (χ0n) is 20.8. The van der Waals surface area contributed by atoms with Gasteiger partial charge in [0, 0.05) is 57.8 Å². The van der Waals surface area contributed by atoms with E-state index in [0.717, 1.165) is 17.8 Å². The molecule has 2 saturated heterocycles. The van der Waals surface area contributed by atoms with Gasteiger partial charge in [-0.05, 0) is 36.8 Å². The van der Waals surface area contributed by atoms with E-state index in [2.05, 4.69) is 9.80 Å². The van der Waals surface area contributed by atoms with E-state index >= 15 is 0 Å². The van der Waals surface area contributed by atoms with Gasteiger partial charge in [0.05, 0.1) is 27.6 Å². The topological polar surface area (TPSA) is 50.3 Å². The van der Waals surface area contributed by atoms with Crippen molar-refractivity contribution in [2.75, 3.05) is 54.0 Å². The summed E-state index contributed by atoms with van der Waals surface area (Å²) in [7, 11) is 0. The van der Waals surface area contributed by atoms with Crippen LogP contribution in [0, 0.1) is 0 Å². The molecular formula is C26H33Cl3F2N4O2. The first kappa shape index (κ1) is 29.6. The maximum absolute atomic E-state index is 13.6. The van der Waals surface area contributed by atoms with Gasteiger partial charge in [0.25, 0.3) is 5.92 Å². The third kappa shape index (κ3) is 6.91. The molecular weight excluding hydrogens is 545 g/mol. The van der Waals surface area contributed by atoms with Crippen LogP contribution in [0.5, 0.6) is 0 Å². The highest BCUT2D eigenvalue weighted by molar-refractivity contribution is 6.43. The predicted molar refractivity (Wildman–Crippen MR) is 150 cm³/mol. The van der Waals surface area contributed by atoms with Crippen molar-refractivity contribution in [3.05, 3.63) is 52.5 Å². The lowest BCUT2D eigenvalue weighted by molar-refractivity contribution is -0.0220. The minimum atomic E-state index is -2.63. The number of carboxylic acid groups (broad SMARTS) is 1. The summed E-state index contributed by atoms with van der Waals surface area (Å²) in [6.07, 6.45) is -0.278. The maximum Gasteiger partial charge on any atom is 0.413 e. The van der Waals surface area contributed by atoms with Crippen LogP contribution in [0.15, 0.2) is 42.5 Å². The summed E-state index contributed by atoms with van der Waals surface area (Å²) >= 11 is 12.6. The summed E-state index contributed by atoms with van der Waals surface area (Å²) < 4.78 is 27.3. The Morgan fingerprint density at radius 1 is 1.03 bits per heavy atom. The molecule has 0 radical (unpaired) electrons. The normalized spacial score (nSPS) is 18.7. The molecule has 1 atom stereocenters. The fourth-order valence-corrected chi connectivity index (χ4v) is 5.49. The van der Waals surface area contributed by atoms with Crippen LogP contribution in [0.25, 0.3) is 0 Å². The number of amides is 1. The smallest absolute Gasteiger partial charge is 0.413 e. The summed E-state index contributed by atoms with van der Waals surface area (Å²) in [5.41, 5.74) is 2.20. The van der Waals surface area contributed by atoms with E-state index in [0.29, 0.717) is 48.3 Å². The van der Waals surface area contributed by atoms with Crippen LogP contribution in [0.4, 0.5) is 30.6 Å². The lowest BCUT2D eigenvalue weighted by atomic mass is 10.1. The van der Waals surface area contributed by atoms with Gasteiger partial charge in [-0.3, -0.25) is 9.80 Å². The third-order valence-electron chi connectivity index (χ3n) is 7.03. The molecule has 11 heteroatoms. The van der Waals surface area contributed by atoms with Gasteiger partial charge >= 0.3 is 6.09 Å². The Labute approximate surface area is 233 Å². The molecule has 2 aromatic rings. The van der Waals surface area contributed by atoms with Gasteiger partial charge in [0.15, 0.2) is 0 Å². The van der Waals surface area contributed by atoms with Gasteiger partial charge in [-0.1, -0.05) is 48.7 Å². The monoisotopic (exact) mass is 576 g/mol. The molecule has 2 aliphatic heterocycles. The molecule has 2 aliphatic rings. The Morgan fingerprint density at radius 3 is 2.30 bits per heavy atom. The van der Waals surface area contributed by atoms with Crippen molar-refractivity contribution in [2.24, 2.45) is 0 Å². The van der Waals surface area contributed by atoms with Crippen molar-refractivity contribution in [3.63, 3.8) is 0 Å². The van der Waals surface area contributed by atoms with Crippen LogP contribution in [0.1, 0.15) is 32.6 Å². The number of hydrogen-bond donors (Lipinski definition) is 1. The third-order valence-corrected chi connectivity index (χ3v) is 7.84. The molecule has 6 nitrogen and oxygen atoms in total. The summed E-state index contributed by atoms with van der Waals surface area (Å²) in [5.74, 6) is -2.63. The van der Waals surface area contributed by atoms with Crippen LogP contribution in [0.2, 0.25) is 10.0 Å². The predicted octanol–water partition coefficient (Wildman–Crippen LogP) is 7.08. The van der Waals surface area contributed by atoms with Crippen molar-refractivity contribution in [1.29, 1.82) is 0 Å². The number of anilines is 3. The minimum absolute atomic E-state index is 0. The van der Waals surface area contributed by atoms with Crippen molar-refractivity contribution in [2.45, 2.75) is 44.7 Å². The molecule has 2 fully saturated rings. The fourth-order valence-electron chi connectivity index (χ4n) is 5.07. The molecule has 0 spiro atoms. The van der Waals surface area contributed by atoms with Crippen molar-refractivity contribution < 1.29 is 18.7 Å². The van der Waals surface area contributed by atoms with Gasteiger partial charge in [-0.2, -0.15) is 0 Å². The molecule has 4 rings (SSSR count). The van der Waals surface area contributed by atoms with Crippen LogP contribution in [-0.4, -0.2) is 67.5 Å². The molecule has 204 valence electrons. The van der Waals surface area contributed by atoms with Gasteiger partial charge in [-0.25, -0.2) is 13.6 Å². The highest BCUT2D eigenvalue weighted by Crippen LogP contribution is 2.35. The molecule has 0 saturated carbocycles. The lowest BCUT2D eigenvalue weighted by Gasteiger charge is -2.44. The second kappa shape index (κ2) is 12.7. The van der Waals surface area contributed by atoms with Gasteiger partial charge in [0.2, 0.25) is 0 Å². The summed E-state index contributed by atoms with van der Waals surface area (Å²) in [4.78, 5) is 20.2. The van der Waals surface area contributed by atoms with E-state index in [4.69, 9.17) is 23.2 Å². The zero-order chi connectivity index (χ0) is 25.9. The highest BCUT2D eigenvalue weighted by atomic mass is 35.5. The summed E-state index contributed by atoms with van der Waals surface area (Å²) in [6, 6.07) is 12.8. The Kier molecular flexibility index (Phi) is 10.1. The van der Waals surface area contributed by atoms with E-state index in [1.165, 1.54) is 4.90 Å². The SMILES string of the molecule is CCCC(N1CCN(c2cccc(Cl)c2Cl)CC1)N(C(=O)O)c1cccc(N2CCC(F)(F)CC2)c1.Cl. The van der Waals surface area contributed by atoms with Crippen LogP contribution in [-0.2, 0) is 0 Å². The Morgan fingerprint density at radius 2 is 1.68 bits per heavy atom. The number of piperidine rings is 1. The average Bonchev–Trinajstić information content (AvgIpc) is 2.85. The Hall–Kier alpha value is -2.00. The largest absolute Gasteiger partial charge is 0.465 e. The maximum atomic E-state index is 13.6. The Bertz CT molecular complexity index is 1060. The van der Waals surface area contributed by atoms with Crippen LogP contribution in [0.3, 0.4) is 0 Å². The first-order valence-electron chi connectivity index (χ1n) is 12.4. The number of hydrogen-bond acceptors (Lipinski definition) is 4. The summed E-state index contributed by atoms with van der Waals surface area (Å²) in [6.45, 7) is 5.24. The average molecular weight is 578 g/mol. The molecule has 0 aromatic heterocycles. The Balaban J connectivity index is 0.00000380. The highest BCUT2D eigenvalue weighted by Gasteiger charge is 2.35. The number of carbonyl (C=O) groups is 1. The molecule has 1 unspecified atom stereocenters. The van der Waals surface area contributed by atoms with Gasteiger partial charge in [-0.15, -0.1) is 12.4 Å². The number of nitrogens with zero attached hydrogens (tertiary/aromatic N) is 4.